The van der Waals surface area contributed by atoms with Crippen LogP contribution < -0.4 is 5.56 Å². The third kappa shape index (κ3) is 3.78. The van der Waals surface area contributed by atoms with Crippen molar-refractivity contribution in [2.45, 2.75) is 24.9 Å². The molecule has 0 spiro atoms. The predicted molar refractivity (Wildman–Crippen MR) is 101 cm³/mol. The first-order chi connectivity index (χ1) is 12.5. The quantitative estimate of drug-likeness (QED) is 0.275. The normalized spacial score (nSPS) is 12.2. The Bertz CT molecular complexity index is 1040. The lowest BCUT2D eigenvalue weighted by atomic mass is 10.1. The van der Waals surface area contributed by atoms with E-state index < -0.39 is 0 Å². The second-order valence-electron chi connectivity index (χ2n) is 5.95. The Balaban J connectivity index is 1.86. The summed E-state index contributed by atoms with van der Waals surface area (Å²) < 4.78 is 0. The SMILES string of the molecule is CC(C)c1cc(=O)[nH]c(SC/C(O)=C(\C#N)c2nc3ccccc3[nH]2)n1. The molecule has 0 bridgehead atoms. The van der Waals surface area contributed by atoms with Crippen molar-refractivity contribution in [2.24, 2.45) is 0 Å². The van der Waals surface area contributed by atoms with Crippen molar-refractivity contribution in [3.05, 3.63) is 58.0 Å². The van der Waals surface area contributed by atoms with Gasteiger partial charge in [0, 0.05) is 6.07 Å². The monoisotopic (exact) mass is 367 g/mol. The number of rotatable bonds is 5. The van der Waals surface area contributed by atoms with Crippen molar-refractivity contribution in [1.82, 2.24) is 19.9 Å². The minimum Gasteiger partial charge on any atom is -0.510 e. The van der Waals surface area contributed by atoms with Gasteiger partial charge in [-0.1, -0.05) is 37.7 Å². The van der Waals surface area contributed by atoms with Crippen molar-refractivity contribution in [3.8, 4) is 6.07 Å². The van der Waals surface area contributed by atoms with Crippen LogP contribution in [0.2, 0.25) is 0 Å². The highest BCUT2D eigenvalue weighted by Gasteiger charge is 2.14. The number of thioether (sulfide) groups is 1. The maximum Gasteiger partial charge on any atom is 0.251 e. The number of benzene rings is 1. The number of aromatic nitrogens is 4. The smallest absolute Gasteiger partial charge is 0.251 e. The summed E-state index contributed by atoms with van der Waals surface area (Å²) in [7, 11) is 0. The second kappa shape index (κ2) is 7.45. The fraction of sp³-hybridized carbons (Fsp3) is 0.222. The van der Waals surface area contributed by atoms with E-state index in [4.69, 9.17) is 0 Å². The van der Waals surface area contributed by atoms with Crippen LogP contribution >= 0.6 is 11.8 Å². The number of aliphatic hydroxyl groups is 1. The Kier molecular flexibility index (Phi) is 5.09. The van der Waals surface area contributed by atoms with Crippen LogP contribution in [0.15, 0.2) is 46.0 Å². The number of imidazole rings is 1. The molecule has 3 N–H and O–H groups in total. The van der Waals surface area contributed by atoms with Gasteiger partial charge in [-0.05, 0) is 18.1 Å². The lowest BCUT2D eigenvalue weighted by molar-refractivity contribution is 0.420. The van der Waals surface area contributed by atoms with E-state index in [0.717, 1.165) is 17.3 Å². The molecule has 0 aliphatic rings. The number of fused-ring (bicyclic) bond motifs is 1. The van der Waals surface area contributed by atoms with Crippen LogP contribution in [0.1, 0.15) is 31.3 Å². The molecule has 0 fully saturated rings. The largest absolute Gasteiger partial charge is 0.510 e. The molecule has 1 aromatic carbocycles. The Hall–Kier alpha value is -3.05. The number of nitrogens with zero attached hydrogens (tertiary/aromatic N) is 3. The number of para-hydroxylation sites is 2. The first kappa shape index (κ1) is 17.8. The molecule has 0 aliphatic heterocycles. The van der Waals surface area contributed by atoms with E-state index >= 15 is 0 Å². The molecule has 2 heterocycles. The van der Waals surface area contributed by atoms with Gasteiger partial charge in [0.2, 0.25) is 0 Å². The number of aliphatic hydroxyl groups excluding tert-OH is 1. The first-order valence-electron chi connectivity index (χ1n) is 7.99. The van der Waals surface area contributed by atoms with Crippen LogP contribution in [-0.2, 0) is 0 Å². The summed E-state index contributed by atoms with van der Waals surface area (Å²) in [5.41, 5.74) is 2.00. The molecule has 0 saturated heterocycles. The molecule has 26 heavy (non-hydrogen) atoms. The molecule has 7 nitrogen and oxygen atoms in total. The van der Waals surface area contributed by atoms with Gasteiger partial charge in [-0.15, -0.1) is 0 Å². The number of aromatic amines is 2. The molecule has 8 heteroatoms. The van der Waals surface area contributed by atoms with E-state index in [0.29, 0.717) is 22.2 Å². The first-order valence-corrected chi connectivity index (χ1v) is 8.98. The van der Waals surface area contributed by atoms with E-state index in [-0.39, 0.29) is 28.6 Å². The number of nitriles is 1. The van der Waals surface area contributed by atoms with E-state index in [1.807, 2.05) is 44.2 Å². The van der Waals surface area contributed by atoms with Crippen molar-refractivity contribution >= 4 is 28.4 Å². The van der Waals surface area contributed by atoms with Gasteiger partial charge in [-0.25, -0.2) is 9.97 Å². The molecule has 3 rings (SSSR count). The highest BCUT2D eigenvalue weighted by molar-refractivity contribution is 7.99. The summed E-state index contributed by atoms with van der Waals surface area (Å²) in [6, 6.07) is 10.8. The van der Waals surface area contributed by atoms with Gasteiger partial charge >= 0.3 is 0 Å². The van der Waals surface area contributed by atoms with Gasteiger partial charge in [-0.3, -0.25) is 4.79 Å². The molecular weight excluding hydrogens is 350 g/mol. The standard InChI is InChI=1S/C18H17N5O2S/c1-10(2)14-7-16(25)23-18(22-14)26-9-15(24)11(8-19)17-20-12-5-3-4-6-13(12)21-17/h3-7,10,24H,9H2,1-2H3,(H,20,21)(H,22,23,25)/b15-11-. The Morgan fingerprint density at radius 1 is 1.31 bits per heavy atom. The van der Waals surface area contributed by atoms with Crippen LogP contribution in [0, 0.1) is 11.3 Å². The van der Waals surface area contributed by atoms with Gasteiger partial charge in [0.25, 0.3) is 5.56 Å². The maximum absolute atomic E-state index is 11.7. The van der Waals surface area contributed by atoms with Gasteiger partial charge < -0.3 is 15.1 Å². The molecule has 0 aliphatic carbocycles. The van der Waals surface area contributed by atoms with Gasteiger partial charge in [0.1, 0.15) is 17.4 Å². The minimum atomic E-state index is -0.243. The fourth-order valence-corrected chi connectivity index (χ4v) is 3.11. The molecule has 2 aromatic heterocycles. The summed E-state index contributed by atoms with van der Waals surface area (Å²) in [5.74, 6) is 0.383. The molecule has 132 valence electrons. The topological polar surface area (TPSA) is 118 Å². The fourth-order valence-electron chi connectivity index (χ4n) is 2.35. The van der Waals surface area contributed by atoms with Gasteiger partial charge in [0.05, 0.1) is 22.5 Å². The van der Waals surface area contributed by atoms with Crippen LogP contribution in [-0.4, -0.2) is 30.8 Å². The lowest BCUT2D eigenvalue weighted by Crippen LogP contribution is -2.11. The second-order valence-corrected chi connectivity index (χ2v) is 6.92. The van der Waals surface area contributed by atoms with Crippen molar-refractivity contribution in [2.75, 3.05) is 5.75 Å². The Morgan fingerprint density at radius 3 is 2.77 bits per heavy atom. The number of nitrogens with one attached hydrogen (secondary N) is 2. The van der Waals surface area contributed by atoms with Crippen molar-refractivity contribution in [3.63, 3.8) is 0 Å². The number of hydrogen-bond donors (Lipinski definition) is 3. The highest BCUT2D eigenvalue weighted by atomic mass is 32.2. The molecule has 0 atom stereocenters. The highest BCUT2D eigenvalue weighted by Crippen LogP contribution is 2.23. The molecule has 0 unspecified atom stereocenters. The van der Waals surface area contributed by atoms with E-state index in [1.165, 1.54) is 6.07 Å². The van der Waals surface area contributed by atoms with Gasteiger partial charge in [0.15, 0.2) is 11.0 Å². The van der Waals surface area contributed by atoms with Crippen LogP contribution in [0.5, 0.6) is 0 Å². The minimum absolute atomic E-state index is 0.0658. The van der Waals surface area contributed by atoms with Crippen molar-refractivity contribution in [1.29, 1.82) is 5.26 Å². The summed E-state index contributed by atoms with van der Waals surface area (Å²) in [4.78, 5) is 26.1. The zero-order valence-electron chi connectivity index (χ0n) is 14.3. The van der Waals surface area contributed by atoms with Crippen LogP contribution in [0.4, 0.5) is 0 Å². The maximum atomic E-state index is 11.7. The van der Waals surface area contributed by atoms with E-state index in [2.05, 4.69) is 19.9 Å². The van der Waals surface area contributed by atoms with Crippen LogP contribution in [0.3, 0.4) is 0 Å². The number of hydrogen-bond acceptors (Lipinski definition) is 6. The summed E-state index contributed by atoms with van der Waals surface area (Å²) in [6.45, 7) is 3.89. The predicted octanol–water partition coefficient (Wildman–Crippen LogP) is 3.35. The summed E-state index contributed by atoms with van der Waals surface area (Å²) >= 11 is 1.15. The Morgan fingerprint density at radius 2 is 2.08 bits per heavy atom. The Labute approximate surface area is 153 Å². The molecule has 0 saturated carbocycles. The average molecular weight is 367 g/mol. The average Bonchev–Trinajstić information content (AvgIpc) is 3.03. The number of allylic oxidation sites excluding steroid dienone is 1. The third-order valence-electron chi connectivity index (χ3n) is 3.70. The zero-order chi connectivity index (χ0) is 18.7. The summed E-state index contributed by atoms with van der Waals surface area (Å²) in [5, 5.41) is 20.2. The van der Waals surface area contributed by atoms with Crippen molar-refractivity contribution < 1.29 is 5.11 Å². The molecule has 0 radical (unpaired) electrons. The van der Waals surface area contributed by atoms with Crippen LogP contribution in [0.25, 0.3) is 16.6 Å². The summed E-state index contributed by atoms with van der Waals surface area (Å²) in [6.07, 6.45) is 0. The molecule has 3 aromatic rings. The molecular formula is C18H17N5O2S. The number of H-pyrrole nitrogens is 2. The lowest BCUT2D eigenvalue weighted by Gasteiger charge is -2.06. The van der Waals surface area contributed by atoms with E-state index in [9.17, 15) is 15.2 Å². The van der Waals surface area contributed by atoms with E-state index in [1.54, 1.807) is 0 Å². The zero-order valence-corrected chi connectivity index (χ0v) is 15.1. The third-order valence-corrected chi connectivity index (χ3v) is 4.59. The molecule has 0 amide bonds. The van der Waals surface area contributed by atoms with Gasteiger partial charge in [-0.2, -0.15) is 5.26 Å².